The fourth-order valence-corrected chi connectivity index (χ4v) is 1.99. The van der Waals surface area contributed by atoms with Crippen LogP contribution in [0.5, 0.6) is 0 Å². The lowest BCUT2D eigenvalue weighted by atomic mass is 9.69. The van der Waals surface area contributed by atoms with Gasteiger partial charge in [0.25, 0.3) is 0 Å². The molecule has 0 heterocycles. The lowest BCUT2D eigenvalue weighted by molar-refractivity contribution is 0.250. The summed E-state index contributed by atoms with van der Waals surface area (Å²) in [5, 5.41) is 0. The second kappa shape index (κ2) is 2.84. The minimum absolute atomic E-state index is 0.376. The summed E-state index contributed by atoms with van der Waals surface area (Å²) in [6.07, 6.45) is 7.92. The molecule has 0 saturated heterocycles. The molecule has 0 aromatic heterocycles. The van der Waals surface area contributed by atoms with Gasteiger partial charge in [0, 0.05) is 5.92 Å². The summed E-state index contributed by atoms with van der Waals surface area (Å²) >= 11 is 0. The SMILES string of the molecule is C=[C]C1C(C)=CCCC1(C)C. The lowest BCUT2D eigenvalue weighted by Crippen LogP contribution is -2.26. The van der Waals surface area contributed by atoms with Crippen molar-refractivity contribution in [1.82, 2.24) is 0 Å². The Morgan fingerprint density at radius 3 is 2.64 bits per heavy atom. The standard InChI is InChI=1S/C11H17/c1-5-10-9(2)7-6-8-11(10,3)4/h7,10H,1,6,8H2,2-4H3. The summed E-state index contributed by atoms with van der Waals surface area (Å²) in [5.41, 5.74) is 1.82. The monoisotopic (exact) mass is 149 g/mol. The zero-order valence-corrected chi connectivity index (χ0v) is 7.78. The molecule has 0 aliphatic heterocycles. The maximum absolute atomic E-state index is 3.76. The van der Waals surface area contributed by atoms with E-state index in [4.69, 9.17) is 0 Å². The molecule has 0 amide bonds. The molecule has 0 aromatic rings. The van der Waals surface area contributed by atoms with Crippen LogP contribution in [0.25, 0.3) is 0 Å². The molecule has 1 aliphatic rings. The third-order valence-electron chi connectivity index (χ3n) is 2.70. The molecule has 0 spiro atoms. The zero-order chi connectivity index (χ0) is 8.48. The fourth-order valence-electron chi connectivity index (χ4n) is 1.99. The average molecular weight is 149 g/mol. The second-order valence-corrected chi connectivity index (χ2v) is 4.11. The second-order valence-electron chi connectivity index (χ2n) is 4.11. The smallest absolute Gasteiger partial charge is 0.00935 e. The fraction of sp³-hybridized carbons (Fsp3) is 0.636. The van der Waals surface area contributed by atoms with Gasteiger partial charge in [-0.25, -0.2) is 0 Å². The van der Waals surface area contributed by atoms with Crippen LogP contribution in [0.3, 0.4) is 0 Å². The Kier molecular flexibility index (Phi) is 2.22. The third kappa shape index (κ3) is 1.55. The van der Waals surface area contributed by atoms with Crippen LogP contribution in [0.4, 0.5) is 0 Å². The van der Waals surface area contributed by atoms with E-state index in [1.54, 1.807) is 0 Å². The highest BCUT2D eigenvalue weighted by Gasteiger charge is 2.30. The van der Waals surface area contributed by atoms with Crippen LogP contribution >= 0.6 is 0 Å². The van der Waals surface area contributed by atoms with Crippen LogP contribution in [0.1, 0.15) is 33.6 Å². The molecule has 0 heteroatoms. The molecule has 0 saturated carbocycles. The Labute approximate surface area is 70.0 Å². The van der Waals surface area contributed by atoms with Gasteiger partial charge in [0.15, 0.2) is 0 Å². The van der Waals surface area contributed by atoms with Crippen LogP contribution in [0, 0.1) is 17.4 Å². The molecular weight excluding hydrogens is 132 g/mol. The quantitative estimate of drug-likeness (QED) is 0.501. The Bertz CT molecular complexity index is 184. The van der Waals surface area contributed by atoms with Crippen molar-refractivity contribution in [3.05, 3.63) is 24.3 Å². The molecule has 0 aromatic carbocycles. The Balaban J connectivity index is 2.89. The van der Waals surface area contributed by atoms with Gasteiger partial charge in [0.2, 0.25) is 0 Å². The van der Waals surface area contributed by atoms with Crippen molar-refractivity contribution in [3.8, 4) is 0 Å². The summed E-state index contributed by atoms with van der Waals surface area (Å²) in [6.45, 7) is 10.5. The topological polar surface area (TPSA) is 0 Å². The summed E-state index contributed by atoms with van der Waals surface area (Å²) in [4.78, 5) is 0. The molecule has 1 rings (SSSR count). The van der Waals surface area contributed by atoms with Gasteiger partial charge in [-0.2, -0.15) is 0 Å². The molecule has 0 nitrogen and oxygen atoms in total. The van der Waals surface area contributed by atoms with Gasteiger partial charge in [-0.3, -0.25) is 0 Å². The molecule has 0 bridgehead atoms. The molecule has 0 N–H and O–H groups in total. The van der Waals surface area contributed by atoms with Gasteiger partial charge in [0.05, 0.1) is 0 Å². The van der Waals surface area contributed by atoms with E-state index in [0.717, 1.165) is 0 Å². The van der Waals surface area contributed by atoms with Crippen molar-refractivity contribution in [2.24, 2.45) is 11.3 Å². The lowest BCUT2D eigenvalue weighted by Gasteiger charge is -2.36. The first-order chi connectivity index (χ1) is 5.08. The summed E-state index contributed by atoms with van der Waals surface area (Å²) < 4.78 is 0. The number of rotatable bonds is 1. The van der Waals surface area contributed by atoms with Crippen molar-refractivity contribution in [3.63, 3.8) is 0 Å². The van der Waals surface area contributed by atoms with Gasteiger partial charge in [-0.05, 0) is 31.3 Å². The zero-order valence-electron chi connectivity index (χ0n) is 7.78. The average Bonchev–Trinajstić information content (AvgIpc) is 1.86. The number of hydrogen-bond donors (Lipinski definition) is 0. The van der Waals surface area contributed by atoms with Gasteiger partial charge >= 0.3 is 0 Å². The minimum Gasteiger partial charge on any atom is -0.0949 e. The largest absolute Gasteiger partial charge is 0.0949 e. The van der Waals surface area contributed by atoms with Gasteiger partial charge in [-0.1, -0.05) is 32.1 Å². The van der Waals surface area contributed by atoms with Gasteiger partial charge in [-0.15, -0.1) is 0 Å². The van der Waals surface area contributed by atoms with Gasteiger partial charge in [0.1, 0.15) is 0 Å². The number of hydrogen-bond acceptors (Lipinski definition) is 0. The van der Waals surface area contributed by atoms with Crippen molar-refractivity contribution in [2.75, 3.05) is 0 Å². The molecule has 1 aliphatic carbocycles. The molecule has 11 heavy (non-hydrogen) atoms. The number of allylic oxidation sites excluding steroid dienone is 3. The maximum atomic E-state index is 3.76. The van der Waals surface area contributed by atoms with Crippen LogP contribution in [0.15, 0.2) is 18.2 Å². The first-order valence-electron chi connectivity index (χ1n) is 4.27. The van der Waals surface area contributed by atoms with Crippen molar-refractivity contribution in [2.45, 2.75) is 33.6 Å². The first-order valence-corrected chi connectivity index (χ1v) is 4.27. The van der Waals surface area contributed by atoms with E-state index in [1.165, 1.54) is 18.4 Å². The molecule has 61 valence electrons. The van der Waals surface area contributed by atoms with E-state index < -0.39 is 0 Å². The van der Waals surface area contributed by atoms with Crippen LogP contribution in [-0.2, 0) is 0 Å². The summed E-state index contributed by atoms with van der Waals surface area (Å²) in [7, 11) is 0. The van der Waals surface area contributed by atoms with E-state index in [9.17, 15) is 0 Å². The highest BCUT2D eigenvalue weighted by molar-refractivity contribution is 5.14. The van der Waals surface area contributed by atoms with Crippen LogP contribution in [0.2, 0.25) is 0 Å². The summed E-state index contributed by atoms with van der Waals surface area (Å²) in [6, 6.07) is 0. The normalized spacial score (nSPS) is 29.4. The van der Waals surface area contributed by atoms with E-state index in [2.05, 4.69) is 39.5 Å². The molecule has 1 radical (unpaired) electrons. The molecule has 0 fully saturated rings. The van der Waals surface area contributed by atoms with E-state index in [-0.39, 0.29) is 0 Å². The van der Waals surface area contributed by atoms with Crippen LogP contribution in [-0.4, -0.2) is 0 Å². The summed E-state index contributed by atoms with van der Waals surface area (Å²) in [5.74, 6) is 0.469. The Morgan fingerprint density at radius 2 is 2.27 bits per heavy atom. The Morgan fingerprint density at radius 1 is 1.64 bits per heavy atom. The van der Waals surface area contributed by atoms with Crippen molar-refractivity contribution in [1.29, 1.82) is 0 Å². The highest BCUT2D eigenvalue weighted by atomic mass is 14.3. The van der Waals surface area contributed by atoms with Gasteiger partial charge < -0.3 is 0 Å². The predicted molar refractivity (Wildman–Crippen MR) is 49.1 cm³/mol. The molecule has 1 unspecified atom stereocenters. The van der Waals surface area contributed by atoms with Crippen molar-refractivity contribution < 1.29 is 0 Å². The van der Waals surface area contributed by atoms with E-state index >= 15 is 0 Å². The minimum atomic E-state index is 0.376. The molecule has 1 atom stereocenters. The third-order valence-corrected chi connectivity index (χ3v) is 2.70. The first kappa shape index (κ1) is 8.58. The highest BCUT2D eigenvalue weighted by Crippen LogP contribution is 2.40. The Hall–Kier alpha value is -0.520. The molecular formula is C11H17. The maximum Gasteiger partial charge on any atom is 0.00935 e. The van der Waals surface area contributed by atoms with Crippen molar-refractivity contribution >= 4 is 0 Å². The predicted octanol–water partition coefficient (Wildman–Crippen LogP) is 3.36. The van der Waals surface area contributed by atoms with E-state index in [0.29, 0.717) is 11.3 Å². The van der Waals surface area contributed by atoms with Crippen LogP contribution < -0.4 is 0 Å². The van der Waals surface area contributed by atoms with E-state index in [1.807, 2.05) is 0 Å².